The van der Waals surface area contributed by atoms with E-state index in [0.29, 0.717) is 18.7 Å². The van der Waals surface area contributed by atoms with E-state index < -0.39 is 41.8 Å². The molecule has 2 aromatic carbocycles. The standard InChI is InChI=1S/C35H45N7O6/c1-22(2)16-28-34(46)40-29(17-25-11-6-5-7-12-25)33(45)36-14-15-42(21-31(43)37-19-26-13-9-8-10-23(26)3)20-27-18-30(41-48-27)35(47)38-24(4)32(44)39-28/h5-13,18,22,24,28-29H,14-17,19-21H2,1-4H3,(H,36,45)(H,37,43)(H,38,47)(H,39,44)(H,40,46)/t24-,28-,29-/m1/s1. The molecule has 3 atom stereocenters. The predicted octanol–water partition coefficient (Wildman–Crippen LogP) is 1.61. The Labute approximate surface area is 280 Å². The van der Waals surface area contributed by atoms with Crippen molar-refractivity contribution < 1.29 is 28.5 Å². The number of nitrogens with zero attached hydrogens (tertiary/aromatic N) is 2. The van der Waals surface area contributed by atoms with Crippen molar-refractivity contribution in [2.75, 3.05) is 19.6 Å². The topological polar surface area (TPSA) is 175 Å². The lowest BCUT2D eigenvalue weighted by molar-refractivity contribution is -0.132. The molecule has 0 saturated carbocycles. The molecule has 0 fully saturated rings. The molecule has 13 nitrogen and oxygen atoms in total. The zero-order chi connectivity index (χ0) is 34.6. The fraction of sp³-hybridized carbons (Fsp3) is 0.429. The minimum absolute atomic E-state index is 0.0255. The van der Waals surface area contributed by atoms with E-state index in [0.717, 1.165) is 16.7 Å². The van der Waals surface area contributed by atoms with Crippen LogP contribution < -0.4 is 26.6 Å². The molecular weight excluding hydrogens is 614 g/mol. The van der Waals surface area contributed by atoms with E-state index >= 15 is 0 Å². The second-order valence-electron chi connectivity index (χ2n) is 12.5. The summed E-state index contributed by atoms with van der Waals surface area (Å²) in [7, 11) is 0. The van der Waals surface area contributed by atoms with Gasteiger partial charge in [0.1, 0.15) is 18.1 Å². The van der Waals surface area contributed by atoms with Crippen molar-refractivity contribution in [1.29, 1.82) is 0 Å². The van der Waals surface area contributed by atoms with Gasteiger partial charge < -0.3 is 31.1 Å². The van der Waals surface area contributed by atoms with Gasteiger partial charge in [0.05, 0.1) is 13.1 Å². The molecule has 2 heterocycles. The number of nitrogens with one attached hydrogen (secondary N) is 5. The number of carbonyl (C=O) groups is 5. The van der Waals surface area contributed by atoms with Gasteiger partial charge >= 0.3 is 0 Å². The number of fused-ring (bicyclic) bond motifs is 2. The van der Waals surface area contributed by atoms with E-state index in [1.54, 1.807) is 4.90 Å². The Kier molecular flexibility index (Phi) is 12.8. The predicted molar refractivity (Wildman–Crippen MR) is 178 cm³/mol. The minimum Gasteiger partial charge on any atom is -0.359 e. The van der Waals surface area contributed by atoms with Crippen molar-refractivity contribution in [3.63, 3.8) is 0 Å². The molecule has 0 saturated heterocycles. The molecule has 0 aliphatic carbocycles. The normalized spacial score (nSPS) is 20.1. The zero-order valence-corrected chi connectivity index (χ0v) is 27.9. The Hall–Kier alpha value is -5.04. The van der Waals surface area contributed by atoms with E-state index in [9.17, 15) is 24.0 Å². The quantitative estimate of drug-likeness (QED) is 0.243. The van der Waals surface area contributed by atoms with Crippen LogP contribution in [0.1, 0.15) is 60.1 Å². The molecular formula is C35H45N7O6. The maximum atomic E-state index is 13.6. The zero-order valence-electron chi connectivity index (χ0n) is 27.9. The van der Waals surface area contributed by atoms with E-state index in [1.165, 1.54) is 13.0 Å². The molecule has 0 spiro atoms. The Bertz CT molecular complexity index is 1570. The molecule has 256 valence electrons. The summed E-state index contributed by atoms with van der Waals surface area (Å²) in [6.07, 6.45) is 0.532. The fourth-order valence-corrected chi connectivity index (χ4v) is 5.32. The lowest BCUT2D eigenvalue weighted by Gasteiger charge is -2.26. The van der Waals surface area contributed by atoms with Crippen LogP contribution in [-0.4, -0.2) is 77.4 Å². The molecule has 5 amide bonds. The molecule has 1 aliphatic heterocycles. The van der Waals surface area contributed by atoms with Gasteiger partial charge in [-0.15, -0.1) is 0 Å². The molecule has 1 aromatic heterocycles. The first-order valence-electron chi connectivity index (χ1n) is 16.2. The van der Waals surface area contributed by atoms with Gasteiger partial charge in [0.15, 0.2) is 11.5 Å². The van der Waals surface area contributed by atoms with Crippen LogP contribution in [0.15, 0.2) is 65.2 Å². The lowest BCUT2D eigenvalue weighted by atomic mass is 10.0. The summed E-state index contributed by atoms with van der Waals surface area (Å²) >= 11 is 0. The Morgan fingerprint density at radius 3 is 2.40 bits per heavy atom. The third kappa shape index (κ3) is 10.8. The SMILES string of the molecule is Cc1ccccc1CNC(=O)CN1CCNC(=O)[C@@H](Cc2ccccc2)NC(=O)[C@@H](CC(C)C)NC(=O)[C@@H](C)NC(=O)c2cc(on2)C1. The summed E-state index contributed by atoms with van der Waals surface area (Å²) in [4.78, 5) is 68.0. The number of amides is 5. The van der Waals surface area contributed by atoms with Gasteiger partial charge in [0.25, 0.3) is 5.91 Å². The van der Waals surface area contributed by atoms with Gasteiger partial charge in [-0.3, -0.25) is 28.9 Å². The highest BCUT2D eigenvalue weighted by Crippen LogP contribution is 2.11. The first-order valence-corrected chi connectivity index (χ1v) is 16.2. The first-order chi connectivity index (χ1) is 23.0. The summed E-state index contributed by atoms with van der Waals surface area (Å²) in [6.45, 7) is 8.15. The summed E-state index contributed by atoms with van der Waals surface area (Å²) in [5.41, 5.74) is 2.86. The molecule has 1 aliphatic rings. The van der Waals surface area contributed by atoms with Crippen molar-refractivity contribution in [3.05, 3.63) is 88.8 Å². The highest BCUT2D eigenvalue weighted by molar-refractivity contribution is 5.97. The monoisotopic (exact) mass is 659 g/mol. The van der Waals surface area contributed by atoms with Gasteiger partial charge in [-0.1, -0.05) is 73.6 Å². The average molecular weight is 660 g/mol. The second-order valence-corrected chi connectivity index (χ2v) is 12.5. The summed E-state index contributed by atoms with van der Waals surface area (Å²) < 4.78 is 5.42. The number of aryl methyl sites for hydroxylation is 1. The Morgan fingerprint density at radius 2 is 1.67 bits per heavy atom. The minimum atomic E-state index is -1.00. The van der Waals surface area contributed by atoms with Crippen molar-refractivity contribution in [1.82, 2.24) is 36.6 Å². The molecule has 0 unspecified atom stereocenters. The van der Waals surface area contributed by atoms with Crippen molar-refractivity contribution in [2.45, 2.75) is 71.8 Å². The molecule has 3 aromatic rings. The average Bonchev–Trinajstić information content (AvgIpc) is 3.52. The van der Waals surface area contributed by atoms with Crippen molar-refractivity contribution in [3.8, 4) is 0 Å². The number of rotatable bonds is 8. The van der Waals surface area contributed by atoms with Crippen LogP contribution in [0, 0.1) is 12.8 Å². The molecule has 4 rings (SSSR count). The van der Waals surface area contributed by atoms with Gasteiger partial charge in [0, 0.05) is 32.1 Å². The van der Waals surface area contributed by atoms with Crippen LogP contribution in [0.2, 0.25) is 0 Å². The summed E-state index contributed by atoms with van der Waals surface area (Å²) in [5.74, 6) is -2.00. The van der Waals surface area contributed by atoms with Crippen molar-refractivity contribution in [2.24, 2.45) is 5.92 Å². The summed E-state index contributed by atoms with van der Waals surface area (Å²) in [6, 6.07) is 15.6. The van der Waals surface area contributed by atoms with Gasteiger partial charge in [0.2, 0.25) is 23.6 Å². The number of benzene rings is 2. The second kappa shape index (κ2) is 17.2. The molecule has 0 radical (unpaired) electrons. The molecule has 48 heavy (non-hydrogen) atoms. The van der Waals surface area contributed by atoms with Crippen molar-refractivity contribution >= 4 is 29.5 Å². The van der Waals surface area contributed by atoms with Crippen LogP contribution in [0.4, 0.5) is 0 Å². The lowest BCUT2D eigenvalue weighted by Crippen LogP contribution is -2.57. The van der Waals surface area contributed by atoms with Gasteiger partial charge in [-0.25, -0.2) is 0 Å². The largest absolute Gasteiger partial charge is 0.359 e. The maximum absolute atomic E-state index is 13.6. The highest BCUT2D eigenvalue weighted by Gasteiger charge is 2.30. The number of hydrogen-bond acceptors (Lipinski definition) is 8. The van der Waals surface area contributed by atoms with E-state index in [1.807, 2.05) is 75.4 Å². The van der Waals surface area contributed by atoms with Gasteiger partial charge in [-0.2, -0.15) is 0 Å². The highest BCUT2D eigenvalue weighted by atomic mass is 16.5. The van der Waals surface area contributed by atoms with E-state index in [4.69, 9.17) is 4.52 Å². The first kappa shape index (κ1) is 35.8. The van der Waals surface area contributed by atoms with Gasteiger partial charge in [-0.05, 0) is 42.9 Å². The van der Waals surface area contributed by atoms with Crippen LogP contribution in [-0.2, 0) is 38.7 Å². The fourth-order valence-electron chi connectivity index (χ4n) is 5.32. The van der Waals surface area contributed by atoms with Crippen LogP contribution >= 0.6 is 0 Å². The summed E-state index contributed by atoms with van der Waals surface area (Å²) in [5, 5.41) is 17.9. The number of hydrogen-bond donors (Lipinski definition) is 5. The molecule has 2 bridgehead atoms. The van der Waals surface area contributed by atoms with Crippen LogP contribution in [0.5, 0.6) is 0 Å². The third-order valence-corrected chi connectivity index (χ3v) is 8.00. The van der Waals surface area contributed by atoms with Crippen LogP contribution in [0.3, 0.4) is 0 Å². The maximum Gasteiger partial charge on any atom is 0.274 e. The third-order valence-electron chi connectivity index (χ3n) is 8.00. The van der Waals surface area contributed by atoms with Crippen LogP contribution in [0.25, 0.3) is 0 Å². The Balaban J connectivity index is 1.56. The number of carbonyl (C=O) groups excluding carboxylic acids is 5. The Morgan fingerprint density at radius 1 is 0.958 bits per heavy atom. The number of aromatic nitrogens is 1. The molecule has 5 N–H and O–H groups in total. The van der Waals surface area contributed by atoms with E-state index in [2.05, 4.69) is 31.7 Å². The molecule has 13 heteroatoms. The van der Waals surface area contributed by atoms with E-state index in [-0.39, 0.29) is 50.1 Å². The smallest absolute Gasteiger partial charge is 0.274 e.